The zero-order chi connectivity index (χ0) is 57.9. The molecule has 0 aliphatic carbocycles. The summed E-state index contributed by atoms with van der Waals surface area (Å²) in [6.45, 7) is 3.77. The van der Waals surface area contributed by atoms with Gasteiger partial charge in [0.05, 0.1) is 26.4 Å². The Morgan fingerprint density at radius 1 is 0.400 bits per heavy atom. The second-order valence-corrected chi connectivity index (χ2v) is 24.0. The highest BCUT2D eigenvalue weighted by atomic mass is 16.7. The van der Waals surface area contributed by atoms with Crippen LogP contribution in [0.25, 0.3) is 0 Å². The minimum absolute atomic E-state index is 0.0678. The average Bonchev–Trinajstić information content (AvgIpc) is 3.52. The molecule has 0 radical (unpaired) electrons. The lowest BCUT2D eigenvalue weighted by molar-refractivity contribution is -0.332. The number of unbranched alkanes of at least 4 members (excludes halogenated alkanes) is 41. The van der Waals surface area contributed by atoms with Gasteiger partial charge in [0.1, 0.15) is 54.9 Å². The maximum absolute atomic E-state index is 13.1. The number of allylic oxidation sites excluding steroid dienone is 2. The molecule has 11 unspecified atom stereocenters. The molecule has 0 bridgehead atoms. The highest BCUT2D eigenvalue weighted by Gasteiger charge is 2.47. The van der Waals surface area contributed by atoms with Crippen LogP contribution in [0.1, 0.15) is 303 Å². The van der Waals surface area contributed by atoms with Crippen LogP contribution in [0.4, 0.5) is 0 Å². The normalized spacial score (nSPS) is 23.8. The summed E-state index contributed by atoms with van der Waals surface area (Å²) in [6, 6.07) is 0. The maximum atomic E-state index is 13.1. The highest BCUT2D eigenvalue weighted by molar-refractivity contribution is 5.69. The van der Waals surface area contributed by atoms with Crippen molar-refractivity contribution in [3.05, 3.63) is 12.2 Å². The van der Waals surface area contributed by atoms with Crippen molar-refractivity contribution in [2.75, 3.05) is 33.0 Å². The Kier molecular flexibility index (Phi) is 49.8. The summed E-state index contributed by atoms with van der Waals surface area (Å²) in [4.78, 5) is 13.1. The van der Waals surface area contributed by atoms with Gasteiger partial charge in [-0.15, -0.1) is 0 Å². The topological polar surface area (TPSA) is 214 Å². The molecule has 0 spiro atoms. The summed E-state index contributed by atoms with van der Waals surface area (Å²) < 4.78 is 34.5. The van der Waals surface area contributed by atoms with Crippen LogP contribution in [-0.4, -0.2) is 142 Å². The first-order valence-corrected chi connectivity index (χ1v) is 33.8. The molecule has 0 saturated carbocycles. The Bertz CT molecular complexity index is 1370. The van der Waals surface area contributed by atoms with Gasteiger partial charge in [-0.1, -0.05) is 270 Å². The molecule has 474 valence electrons. The van der Waals surface area contributed by atoms with Crippen molar-refractivity contribution in [3.8, 4) is 0 Å². The number of carbonyl (C=O) groups is 1. The minimum Gasteiger partial charge on any atom is -0.457 e. The Hall–Kier alpha value is -1.27. The van der Waals surface area contributed by atoms with Gasteiger partial charge in [0.15, 0.2) is 12.6 Å². The van der Waals surface area contributed by atoms with E-state index in [9.17, 15) is 40.5 Å². The Morgan fingerprint density at radius 2 is 0.738 bits per heavy atom. The molecule has 11 atom stereocenters. The fraction of sp³-hybridized carbons (Fsp3) is 0.955. The molecule has 0 aromatic rings. The molecule has 0 amide bonds. The molecule has 2 heterocycles. The van der Waals surface area contributed by atoms with Crippen molar-refractivity contribution in [2.45, 2.75) is 370 Å². The molecule has 14 nitrogen and oxygen atoms in total. The monoisotopic (exact) mass is 1140 g/mol. The van der Waals surface area contributed by atoms with E-state index in [1.54, 1.807) is 0 Å². The van der Waals surface area contributed by atoms with E-state index in [1.165, 1.54) is 238 Å². The number of esters is 1. The Balaban J connectivity index is 1.64. The number of rotatable bonds is 57. The molecule has 2 saturated heterocycles. The molecule has 2 aliphatic heterocycles. The summed E-state index contributed by atoms with van der Waals surface area (Å²) >= 11 is 0. The molecule has 2 aliphatic rings. The lowest BCUT2D eigenvalue weighted by atomic mass is 9.98. The quantitative estimate of drug-likeness (QED) is 0.0171. The van der Waals surface area contributed by atoms with Gasteiger partial charge in [-0.3, -0.25) is 4.79 Å². The van der Waals surface area contributed by atoms with Crippen LogP contribution in [-0.2, 0) is 33.2 Å². The van der Waals surface area contributed by atoms with Crippen molar-refractivity contribution >= 4 is 5.97 Å². The van der Waals surface area contributed by atoms with Crippen molar-refractivity contribution in [2.24, 2.45) is 0 Å². The van der Waals surface area contributed by atoms with Gasteiger partial charge in [0.25, 0.3) is 0 Å². The van der Waals surface area contributed by atoms with E-state index in [0.29, 0.717) is 13.0 Å². The van der Waals surface area contributed by atoms with E-state index in [0.717, 1.165) is 38.5 Å². The summed E-state index contributed by atoms with van der Waals surface area (Å²) in [5.41, 5.74) is 0. The zero-order valence-electron chi connectivity index (χ0n) is 51.3. The largest absolute Gasteiger partial charge is 0.457 e. The third kappa shape index (κ3) is 38.6. The van der Waals surface area contributed by atoms with Crippen LogP contribution in [0.15, 0.2) is 12.2 Å². The van der Waals surface area contributed by atoms with Crippen molar-refractivity contribution in [3.63, 3.8) is 0 Å². The van der Waals surface area contributed by atoms with E-state index in [-0.39, 0.29) is 25.6 Å². The van der Waals surface area contributed by atoms with Crippen molar-refractivity contribution < 1.29 is 69.0 Å². The van der Waals surface area contributed by atoms with Crippen LogP contribution in [0, 0.1) is 0 Å². The van der Waals surface area contributed by atoms with Crippen LogP contribution < -0.4 is 0 Å². The SMILES string of the molecule is CCCCCCCCCC/C=C\CCCCCCCCCCCC(=O)OC(COCCCCCCCCCCCCCCCCCCCCCCCCCCC)COC1OC(COC2OC(CO)C(O)C(O)C2O)C(O)C(O)C1O. The number of carbonyl (C=O) groups excluding carboxylic acids is 1. The van der Waals surface area contributed by atoms with Crippen LogP contribution in [0.3, 0.4) is 0 Å². The second kappa shape index (κ2) is 53.2. The summed E-state index contributed by atoms with van der Waals surface area (Å²) in [5.74, 6) is -0.370. The number of hydrogen-bond acceptors (Lipinski definition) is 14. The number of aliphatic hydroxyl groups is 7. The molecular formula is C66H126O14. The summed E-state index contributed by atoms with van der Waals surface area (Å²) in [5, 5.41) is 72.5. The van der Waals surface area contributed by atoms with E-state index in [2.05, 4.69) is 26.0 Å². The predicted octanol–water partition coefficient (Wildman–Crippen LogP) is 13.7. The molecular weight excluding hydrogens is 1020 g/mol. The standard InChI is InChI=1S/C66H126O14/c1-3-5-7-9-11-13-15-17-19-21-23-25-26-27-28-30-32-34-36-38-40-42-44-46-48-50-75-52-55(53-76-65-64(74)62(72)60(70)57(80-65)54-77-66-63(73)61(71)59(69)56(51-67)79-66)78-58(68)49-47-45-43-41-39-37-35-33-31-29-24-22-20-18-16-14-12-10-8-6-4-2/h22,24,55-57,59-67,69-74H,3-21,23,25-54H2,1-2H3/b24-22-. The van der Waals surface area contributed by atoms with Gasteiger partial charge in [-0.05, 0) is 38.5 Å². The molecule has 2 rings (SSSR count). The summed E-state index contributed by atoms with van der Waals surface area (Å²) in [6.07, 6.45) is 45.7. The van der Waals surface area contributed by atoms with E-state index in [1.807, 2.05) is 0 Å². The third-order valence-corrected chi connectivity index (χ3v) is 16.5. The molecule has 7 N–H and O–H groups in total. The van der Waals surface area contributed by atoms with Crippen LogP contribution >= 0.6 is 0 Å². The van der Waals surface area contributed by atoms with E-state index >= 15 is 0 Å². The summed E-state index contributed by atoms with van der Waals surface area (Å²) in [7, 11) is 0. The first-order valence-electron chi connectivity index (χ1n) is 33.8. The average molecular weight is 1140 g/mol. The molecule has 2 fully saturated rings. The third-order valence-electron chi connectivity index (χ3n) is 16.5. The number of ether oxygens (including phenoxy) is 6. The van der Waals surface area contributed by atoms with Crippen LogP contribution in [0.2, 0.25) is 0 Å². The molecule has 0 aromatic carbocycles. The first-order chi connectivity index (χ1) is 39.1. The van der Waals surface area contributed by atoms with Gasteiger partial charge in [-0.25, -0.2) is 0 Å². The van der Waals surface area contributed by atoms with Gasteiger partial charge >= 0.3 is 5.97 Å². The Labute approximate surface area is 488 Å². The molecule has 14 heteroatoms. The van der Waals surface area contributed by atoms with E-state index < -0.39 is 80.7 Å². The fourth-order valence-electron chi connectivity index (χ4n) is 11.1. The van der Waals surface area contributed by atoms with E-state index in [4.69, 9.17) is 28.4 Å². The van der Waals surface area contributed by atoms with Crippen molar-refractivity contribution in [1.82, 2.24) is 0 Å². The van der Waals surface area contributed by atoms with Crippen molar-refractivity contribution in [1.29, 1.82) is 0 Å². The highest BCUT2D eigenvalue weighted by Crippen LogP contribution is 2.27. The van der Waals surface area contributed by atoms with Gasteiger partial charge in [-0.2, -0.15) is 0 Å². The second-order valence-electron chi connectivity index (χ2n) is 24.0. The first kappa shape index (κ1) is 74.8. The number of hydrogen-bond donors (Lipinski definition) is 7. The molecule has 80 heavy (non-hydrogen) atoms. The predicted molar refractivity (Wildman–Crippen MR) is 321 cm³/mol. The fourth-order valence-corrected chi connectivity index (χ4v) is 11.1. The minimum atomic E-state index is -1.70. The van der Waals surface area contributed by atoms with Crippen LogP contribution in [0.5, 0.6) is 0 Å². The van der Waals surface area contributed by atoms with Gasteiger partial charge < -0.3 is 64.2 Å². The van der Waals surface area contributed by atoms with Gasteiger partial charge in [0.2, 0.25) is 0 Å². The smallest absolute Gasteiger partial charge is 0.306 e. The Morgan fingerprint density at radius 3 is 1.14 bits per heavy atom. The number of aliphatic hydroxyl groups excluding tert-OH is 7. The molecule has 0 aromatic heterocycles. The zero-order valence-corrected chi connectivity index (χ0v) is 51.3. The van der Waals surface area contributed by atoms with Gasteiger partial charge in [0, 0.05) is 13.0 Å². The lowest BCUT2D eigenvalue weighted by Crippen LogP contribution is -2.61. The maximum Gasteiger partial charge on any atom is 0.306 e. The lowest BCUT2D eigenvalue weighted by Gasteiger charge is -2.42.